The van der Waals surface area contributed by atoms with E-state index >= 15 is 0 Å². The zero-order valence-corrected chi connectivity index (χ0v) is 13.9. The smallest absolute Gasteiger partial charge is 0.257 e. The molecule has 24 heavy (non-hydrogen) atoms. The standard InChI is InChI=1S/C17H25N3O4/c21-16(18-5-7-19-8-11-23-12-9-19)15-3-1-2-6-20(15)17(22)14-4-10-24-13-14/h4,10,13,15H,1-3,5-9,11-12H2,(H,18,21). The molecule has 2 amide bonds. The minimum Gasteiger partial charge on any atom is -0.472 e. The lowest BCUT2D eigenvalue weighted by Gasteiger charge is -2.34. The molecule has 0 aromatic carbocycles. The summed E-state index contributed by atoms with van der Waals surface area (Å²) in [6, 6.07) is 1.26. The number of piperidine rings is 1. The fourth-order valence-electron chi connectivity index (χ4n) is 3.28. The molecule has 1 atom stereocenters. The summed E-state index contributed by atoms with van der Waals surface area (Å²) in [5.74, 6) is -0.184. The third-order valence-electron chi connectivity index (χ3n) is 4.67. The van der Waals surface area contributed by atoms with Gasteiger partial charge in [0, 0.05) is 32.7 Å². The van der Waals surface area contributed by atoms with Crippen LogP contribution in [0.5, 0.6) is 0 Å². The molecule has 1 N–H and O–H groups in total. The minimum atomic E-state index is -0.383. The SMILES string of the molecule is O=C(NCCN1CCOCC1)C1CCCCN1C(=O)c1ccoc1. The van der Waals surface area contributed by atoms with Crippen molar-refractivity contribution in [3.05, 3.63) is 24.2 Å². The lowest BCUT2D eigenvalue weighted by molar-refractivity contribution is -0.126. The highest BCUT2D eigenvalue weighted by Crippen LogP contribution is 2.20. The van der Waals surface area contributed by atoms with E-state index in [1.54, 1.807) is 11.0 Å². The number of furan rings is 1. The van der Waals surface area contributed by atoms with Crippen molar-refractivity contribution in [2.75, 3.05) is 45.9 Å². The van der Waals surface area contributed by atoms with Crippen LogP contribution in [0.15, 0.2) is 23.0 Å². The van der Waals surface area contributed by atoms with Crippen LogP contribution < -0.4 is 5.32 Å². The summed E-state index contributed by atoms with van der Waals surface area (Å²) in [5, 5.41) is 2.99. The largest absolute Gasteiger partial charge is 0.472 e. The van der Waals surface area contributed by atoms with Gasteiger partial charge in [-0.25, -0.2) is 0 Å². The van der Waals surface area contributed by atoms with Crippen molar-refractivity contribution >= 4 is 11.8 Å². The first kappa shape index (κ1) is 17.0. The van der Waals surface area contributed by atoms with E-state index in [2.05, 4.69) is 10.2 Å². The number of morpholine rings is 1. The van der Waals surface area contributed by atoms with Crippen molar-refractivity contribution in [3.8, 4) is 0 Å². The van der Waals surface area contributed by atoms with Crippen molar-refractivity contribution in [2.24, 2.45) is 0 Å². The number of amides is 2. The van der Waals surface area contributed by atoms with Crippen molar-refractivity contribution in [1.29, 1.82) is 0 Å². The molecule has 0 bridgehead atoms. The van der Waals surface area contributed by atoms with E-state index in [0.717, 1.165) is 45.7 Å². The Labute approximate surface area is 141 Å². The molecule has 3 rings (SSSR count). The van der Waals surface area contributed by atoms with Crippen LogP contribution in [-0.4, -0.2) is 73.6 Å². The fourth-order valence-corrected chi connectivity index (χ4v) is 3.28. The van der Waals surface area contributed by atoms with Gasteiger partial charge in [0.25, 0.3) is 5.91 Å². The molecule has 0 radical (unpaired) electrons. The number of hydrogen-bond acceptors (Lipinski definition) is 5. The van der Waals surface area contributed by atoms with Crippen LogP contribution in [0.3, 0.4) is 0 Å². The van der Waals surface area contributed by atoms with Gasteiger partial charge in [-0.15, -0.1) is 0 Å². The molecule has 0 saturated carbocycles. The Morgan fingerprint density at radius 2 is 2.04 bits per heavy atom. The van der Waals surface area contributed by atoms with Gasteiger partial charge in [0.2, 0.25) is 5.91 Å². The Morgan fingerprint density at radius 3 is 2.79 bits per heavy atom. The quantitative estimate of drug-likeness (QED) is 0.858. The van der Waals surface area contributed by atoms with Gasteiger partial charge in [-0.2, -0.15) is 0 Å². The Hall–Kier alpha value is -1.86. The molecule has 0 aliphatic carbocycles. The highest BCUT2D eigenvalue weighted by molar-refractivity contribution is 5.97. The fraction of sp³-hybridized carbons (Fsp3) is 0.647. The van der Waals surface area contributed by atoms with Crippen molar-refractivity contribution in [1.82, 2.24) is 15.1 Å². The van der Waals surface area contributed by atoms with Gasteiger partial charge in [0.15, 0.2) is 0 Å². The molecule has 7 nitrogen and oxygen atoms in total. The Kier molecular flexibility index (Phi) is 5.87. The van der Waals surface area contributed by atoms with Gasteiger partial charge in [0.05, 0.1) is 25.0 Å². The maximum Gasteiger partial charge on any atom is 0.257 e. The molecule has 1 aromatic rings. The monoisotopic (exact) mass is 335 g/mol. The highest BCUT2D eigenvalue weighted by Gasteiger charge is 2.32. The summed E-state index contributed by atoms with van der Waals surface area (Å²) in [6.45, 7) is 5.36. The van der Waals surface area contributed by atoms with E-state index in [4.69, 9.17) is 9.15 Å². The number of rotatable bonds is 5. The van der Waals surface area contributed by atoms with E-state index in [1.165, 1.54) is 12.5 Å². The number of nitrogens with zero attached hydrogens (tertiary/aromatic N) is 2. The zero-order chi connectivity index (χ0) is 16.8. The number of likely N-dealkylation sites (tertiary alicyclic amines) is 1. The van der Waals surface area contributed by atoms with E-state index in [1.807, 2.05) is 0 Å². The molecule has 2 saturated heterocycles. The first-order chi connectivity index (χ1) is 11.8. The van der Waals surface area contributed by atoms with Gasteiger partial charge < -0.3 is 19.4 Å². The second-order valence-corrected chi connectivity index (χ2v) is 6.27. The van der Waals surface area contributed by atoms with Crippen LogP contribution in [0.2, 0.25) is 0 Å². The highest BCUT2D eigenvalue weighted by atomic mass is 16.5. The van der Waals surface area contributed by atoms with Gasteiger partial charge in [-0.05, 0) is 25.3 Å². The minimum absolute atomic E-state index is 0.0557. The Bertz CT molecular complexity index is 540. The summed E-state index contributed by atoms with van der Waals surface area (Å²) in [5.41, 5.74) is 0.503. The maximum absolute atomic E-state index is 12.6. The predicted molar refractivity (Wildman–Crippen MR) is 87.7 cm³/mol. The van der Waals surface area contributed by atoms with Gasteiger partial charge in [0.1, 0.15) is 12.3 Å². The van der Waals surface area contributed by atoms with Crippen molar-refractivity contribution in [3.63, 3.8) is 0 Å². The maximum atomic E-state index is 12.6. The summed E-state index contributed by atoms with van der Waals surface area (Å²) >= 11 is 0. The third kappa shape index (κ3) is 4.15. The van der Waals surface area contributed by atoms with E-state index in [-0.39, 0.29) is 17.9 Å². The number of ether oxygens (including phenoxy) is 1. The molecule has 2 aliphatic heterocycles. The van der Waals surface area contributed by atoms with Crippen LogP contribution in [0.25, 0.3) is 0 Å². The molecule has 0 spiro atoms. The average Bonchev–Trinajstić information content (AvgIpc) is 3.16. The topological polar surface area (TPSA) is 75.0 Å². The number of hydrogen-bond donors (Lipinski definition) is 1. The summed E-state index contributed by atoms with van der Waals surface area (Å²) in [4.78, 5) is 29.1. The Morgan fingerprint density at radius 1 is 1.21 bits per heavy atom. The van der Waals surface area contributed by atoms with Gasteiger partial charge in [-0.3, -0.25) is 14.5 Å². The zero-order valence-electron chi connectivity index (χ0n) is 13.9. The second-order valence-electron chi connectivity index (χ2n) is 6.27. The third-order valence-corrected chi connectivity index (χ3v) is 4.67. The first-order valence-electron chi connectivity index (χ1n) is 8.66. The van der Waals surface area contributed by atoms with Crippen LogP contribution in [-0.2, 0) is 9.53 Å². The number of carbonyl (C=O) groups excluding carboxylic acids is 2. The molecule has 7 heteroatoms. The molecule has 3 heterocycles. The average molecular weight is 335 g/mol. The predicted octanol–water partition coefficient (Wildman–Crippen LogP) is 0.723. The van der Waals surface area contributed by atoms with Crippen LogP contribution in [0, 0.1) is 0 Å². The van der Waals surface area contributed by atoms with Gasteiger partial charge >= 0.3 is 0 Å². The molecule has 132 valence electrons. The lowest BCUT2D eigenvalue weighted by atomic mass is 10.0. The van der Waals surface area contributed by atoms with Gasteiger partial charge in [-0.1, -0.05) is 0 Å². The first-order valence-corrected chi connectivity index (χ1v) is 8.66. The summed E-state index contributed by atoms with van der Waals surface area (Å²) < 4.78 is 10.3. The van der Waals surface area contributed by atoms with Crippen LogP contribution in [0.4, 0.5) is 0 Å². The molecule has 1 aromatic heterocycles. The molecular weight excluding hydrogens is 310 g/mol. The van der Waals surface area contributed by atoms with E-state index < -0.39 is 0 Å². The van der Waals surface area contributed by atoms with Crippen LogP contribution >= 0.6 is 0 Å². The molecule has 2 aliphatic rings. The second kappa shape index (κ2) is 8.30. The number of nitrogens with one attached hydrogen (secondary N) is 1. The molecular formula is C17H25N3O4. The molecule has 2 fully saturated rings. The lowest BCUT2D eigenvalue weighted by Crippen LogP contribution is -2.53. The van der Waals surface area contributed by atoms with Crippen molar-refractivity contribution in [2.45, 2.75) is 25.3 Å². The molecule has 1 unspecified atom stereocenters. The van der Waals surface area contributed by atoms with Crippen LogP contribution in [0.1, 0.15) is 29.6 Å². The number of carbonyl (C=O) groups is 2. The van der Waals surface area contributed by atoms with Crippen molar-refractivity contribution < 1.29 is 18.7 Å². The summed E-state index contributed by atoms with van der Waals surface area (Å²) in [7, 11) is 0. The Balaban J connectivity index is 1.52. The van der Waals surface area contributed by atoms with E-state index in [9.17, 15) is 9.59 Å². The normalized spacial score (nSPS) is 22.3. The van der Waals surface area contributed by atoms with E-state index in [0.29, 0.717) is 25.1 Å². The summed E-state index contributed by atoms with van der Waals surface area (Å²) in [6.07, 6.45) is 5.53.